The van der Waals surface area contributed by atoms with Gasteiger partial charge in [0.1, 0.15) is 0 Å². The molecule has 1 heterocycles. The van der Waals surface area contributed by atoms with E-state index in [-0.39, 0.29) is 6.42 Å². The van der Waals surface area contributed by atoms with Crippen LogP contribution in [0.2, 0.25) is 0 Å². The summed E-state index contributed by atoms with van der Waals surface area (Å²) in [6, 6.07) is 0. The first-order chi connectivity index (χ1) is 11.0. The maximum Gasteiger partial charge on any atom is 0.306 e. The topological polar surface area (TPSA) is 132 Å². The Hall–Kier alpha value is -1.72. The van der Waals surface area contributed by atoms with Crippen LogP contribution in [0.4, 0.5) is 0 Å². The van der Waals surface area contributed by atoms with Gasteiger partial charge >= 0.3 is 17.9 Å². The molecule has 1 aliphatic rings. The maximum absolute atomic E-state index is 11.6. The van der Waals surface area contributed by atoms with Gasteiger partial charge in [-0.3, -0.25) is 18.6 Å². The van der Waals surface area contributed by atoms with Crippen LogP contribution in [0.25, 0.3) is 0 Å². The van der Waals surface area contributed by atoms with E-state index in [0.717, 1.165) is 20.1 Å². The molecule has 0 amide bonds. The van der Waals surface area contributed by atoms with E-state index in [1.807, 2.05) is 0 Å². The molecule has 1 rings (SSSR count). The minimum Gasteiger partial charge on any atom is -0.469 e. The minimum absolute atomic E-state index is 0.246. The van der Waals surface area contributed by atoms with E-state index < -0.39 is 59.0 Å². The van der Waals surface area contributed by atoms with Gasteiger partial charge in [-0.25, -0.2) is 0 Å². The largest absolute Gasteiger partial charge is 0.469 e. The summed E-state index contributed by atoms with van der Waals surface area (Å²) in [4.78, 5) is 34.1. The Bertz CT molecular complexity index is 584. The normalized spacial score (nSPS) is 26.7. The van der Waals surface area contributed by atoms with Crippen molar-refractivity contribution < 1.29 is 45.9 Å². The molecular formula is C13H20O10S. The van der Waals surface area contributed by atoms with Crippen molar-refractivity contribution in [1.29, 1.82) is 0 Å². The molecule has 0 aromatic rings. The highest BCUT2D eigenvalue weighted by atomic mass is 32.2. The van der Waals surface area contributed by atoms with Crippen LogP contribution in [-0.4, -0.2) is 64.8 Å². The number of methoxy groups -OCH3 is 1. The molecule has 1 unspecified atom stereocenters. The highest BCUT2D eigenvalue weighted by Gasteiger charge is 2.50. The van der Waals surface area contributed by atoms with Crippen LogP contribution in [0.15, 0.2) is 0 Å². The van der Waals surface area contributed by atoms with Crippen LogP contribution in [0.1, 0.15) is 20.3 Å². The van der Waals surface area contributed by atoms with Crippen LogP contribution < -0.4 is 0 Å². The first-order valence-electron chi connectivity index (χ1n) is 6.94. The molecule has 0 aromatic heterocycles. The Balaban J connectivity index is 3.02. The molecule has 24 heavy (non-hydrogen) atoms. The number of rotatable bonds is 7. The fraction of sp³-hybridized carbons (Fsp3) is 0.769. The van der Waals surface area contributed by atoms with E-state index in [9.17, 15) is 22.8 Å². The lowest BCUT2D eigenvalue weighted by atomic mass is 9.95. The van der Waals surface area contributed by atoms with Crippen LogP contribution in [-0.2, 0) is 47.6 Å². The first kappa shape index (κ1) is 20.3. The third-order valence-electron chi connectivity index (χ3n) is 3.14. The van der Waals surface area contributed by atoms with Crippen molar-refractivity contribution in [2.75, 3.05) is 20.0 Å². The molecular weight excluding hydrogens is 348 g/mol. The molecule has 4 atom stereocenters. The third kappa shape index (κ3) is 6.42. The summed E-state index contributed by atoms with van der Waals surface area (Å²) in [5.74, 6) is -2.82. The van der Waals surface area contributed by atoms with Crippen molar-refractivity contribution in [2.45, 2.75) is 38.8 Å². The fourth-order valence-corrected chi connectivity index (χ4v) is 2.62. The van der Waals surface area contributed by atoms with Crippen LogP contribution in [0.5, 0.6) is 0 Å². The zero-order valence-electron chi connectivity index (χ0n) is 13.7. The smallest absolute Gasteiger partial charge is 0.306 e. The number of hydrogen-bond acceptors (Lipinski definition) is 10. The second-order valence-corrected chi connectivity index (χ2v) is 6.80. The van der Waals surface area contributed by atoms with Crippen molar-refractivity contribution in [2.24, 2.45) is 5.92 Å². The summed E-state index contributed by atoms with van der Waals surface area (Å²) in [7, 11) is -2.59. The molecule has 0 radical (unpaired) electrons. The summed E-state index contributed by atoms with van der Waals surface area (Å²) >= 11 is 0. The van der Waals surface area contributed by atoms with Crippen molar-refractivity contribution in [3.05, 3.63) is 0 Å². The number of ether oxygens (including phenoxy) is 4. The molecule has 138 valence electrons. The average Bonchev–Trinajstić information content (AvgIpc) is 2.72. The number of carbonyl (C=O) groups is 3. The SMILES string of the molecule is COC(=O)C[C@@H]1[C@@H](COS(C)(=O)=O)OC(OC(C)=O)[C@@H]1OC(C)=O. The molecule has 10 nitrogen and oxygen atoms in total. The molecule has 0 bridgehead atoms. The molecule has 1 fully saturated rings. The molecule has 0 N–H and O–H groups in total. The molecule has 0 aliphatic carbocycles. The van der Waals surface area contributed by atoms with E-state index >= 15 is 0 Å². The number of hydrogen-bond donors (Lipinski definition) is 0. The van der Waals surface area contributed by atoms with Gasteiger partial charge in [0.05, 0.1) is 32.5 Å². The Morgan fingerprint density at radius 3 is 2.12 bits per heavy atom. The van der Waals surface area contributed by atoms with E-state index in [2.05, 4.69) is 8.92 Å². The Kier molecular flexibility index (Phi) is 7.11. The van der Waals surface area contributed by atoms with Crippen molar-refractivity contribution in [3.8, 4) is 0 Å². The third-order valence-corrected chi connectivity index (χ3v) is 3.70. The molecule has 1 saturated heterocycles. The highest BCUT2D eigenvalue weighted by Crippen LogP contribution is 2.34. The number of esters is 3. The molecule has 0 saturated carbocycles. The van der Waals surface area contributed by atoms with Gasteiger partial charge in [0.2, 0.25) is 6.29 Å². The predicted molar refractivity (Wildman–Crippen MR) is 76.9 cm³/mol. The Morgan fingerprint density at radius 1 is 1.08 bits per heavy atom. The molecule has 11 heteroatoms. The number of carbonyl (C=O) groups excluding carboxylic acids is 3. The summed E-state index contributed by atoms with van der Waals surface area (Å²) in [5, 5.41) is 0. The van der Waals surface area contributed by atoms with Gasteiger partial charge in [-0.05, 0) is 0 Å². The lowest BCUT2D eigenvalue weighted by Gasteiger charge is -2.22. The van der Waals surface area contributed by atoms with Crippen molar-refractivity contribution in [1.82, 2.24) is 0 Å². The summed E-state index contributed by atoms with van der Waals surface area (Å²) < 4.78 is 47.0. The van der Waals surface area contributed by atoms with Gasteiger partial charge in [-0.1, -0.05) is 0 Å². The minimum atomic E-state index is -3.76. The van der Waals surface area contributed by atoms with Gasteiger partial charge in [0.15, 0.2) is 6.10 Å². The van der Waals surface area contributed by atoms with Gasteiger partial charge in [-0.2, -0.15) is 8.42 Å². The maximum atomic E-state index is 11.6. The first-order valence-corrected chi connectivity index (χ1v) is 8.76. The predicted octanol–water partition coefficient (Wildman–Crippen LogP) is -0.638. The lowest BCUT2D eigenvalue weighted by Crippen LogP contribution is -2.36. The van der Waals surface area contributed by atoms with E-state index in [4.69, 9.17) is 14.2 Å². The highest BCUT2D eigenvalue weighted by molar-refractivity contribution is 7.85. The van der Waals surface area contributed by atoms with Gasteiger partial charge in [-0.15, -0.1) is 0 Å². The average molecular weight is 368 g/mol. The van der Waals surface area contributed by atoms with Gasteiger partial charge in [0, 0.05) is 19.8 Å². The van der Waals surface area contributed by atoms with Gasteiger partial charge in [0.25, 0.3) is 10.1 Å². The second kappa shape index (κ2) is 8.40. The monoisotopic (exact) mass is 368 g/mol. The standard InChI is InChI=1S/C13H20O10S/c1-7(14)21-12-9(5-11(16)19-3)10(6-20-24(4,17)18)23-13(12)22-8(2)15/h9-10,12-13H,5-6H2,1-4H3/t9-,10-,12-,13?/m1/s1. The van der Waals surface area contributed by atoms with Crippen molar-refractivity contribution >= 4 is 28.0 Å². The molecule has 0 spiro atoms. The summed E-state index contributed by atoms with van der Waals surface area (Å²) in [5.41, 5.74) is 0. The fourth-order valence-electron chi connectivity index (χ4n) is 2.23. The summed E-state index contributed by atoms with van der Waals surface area (Å²) in [6.45, 7) is 1.83. The van der Waals surface area contributed by atoms with E-state index in [1.54, 1.807) is 0 Å². The summed E-state index contributed by atoms with van der Waals surface area (Å²) in [6.07, 6.45) is -2.74. The van der Waals surface area contributed by atoms with E-state index in [0.29, 0.717) is 0 Å². The molecule has 0 aromatic carbocycles. The lowest BCUT2D eigenvalue weighted by molar-refractivity contribution is -0.195. The second-order valence-electron chi connectivity index (χ2n) is 5.16. The molecule has 1 aliphatic heterocycles. The zero-order valence-corrected chi connectivity index (χ0v) is 14.5. The quantitative estimate of drug-likeness (QED) is 0.325. The zero-order chi connectivity index (χ0) is 18.5. The van der Waals surface area contributed by atoms with Crippen LogP contribution in [0.3, 0.4) is 0 Å². The van der Waals surface area contributed by atoms with Crippen LogP contribution in [0, 0.1) is 5.92 Å². The van der Waals surface area contributed by atoms with Crippen LogP contribution >= 0.6 is 0 Å². The Labute approximate surface area is 139 Å². The van der Waals surface area contributed by atoms with Gasteiger partial charge < -0.3 is 18.9 Å². The van der Waals surface area contributed by atoms with E-state index in [1.165, 1.54) is 7.11 Å². The Morgan fingerprint density at radius 2 is 1.67 bits per heavy atom. The van der Waals surface area contributed by atoms with Crippen molar-refractivity contribution in [3.63, 3.8) is 0 Å².